The lowest BCUT2D eigenvalue weighted by molar-refractivity contribution is 0.0955. The molecule has 2 aromatic carbocycles. The second kappa shape index (κ2) is 6.41. The Bertz CT molecular complexity index is 674. The topological polar surface area (TPSA) is 81.9 Å². The van der Waals surface area contributed by atoms with Crippen molar-refractivity contribution < 1.29 is 15.0 Å². The average molecular weight is 349 g/mol. The second-order valence-corrected chi connectivity index (χ2v) is 5.29. The van der Waals surface area contributed by atoms with Gasteiger partial charge in [0.05, 0.1) is 10.7 Å². The van der Waals surface area contributed by atoms with Crippen LogP contribution in [0.3, 0.4) is 0 Å². The molecule has 2 aromatic rings. The van der Waals surface area contributed by atoms with Crippen LogP contribution in [0, 0.1) is 6.92 Å². The summed E-state index contributed by atoms with van der Waals surface area (Å²) in [4.78, 5) is 11.8. The maximum Gasteiger partial charge on any atom is 0.271 e. The van der Waals surface area contributed by atoms with Crippen molar-refractivity contribution in [2.45, 2.75) is 6.92 Å². The normalized spacial score (nSPS) is 10.8. The van der Waals surface area contributed by atoms with E-state index in [9.17, 15) is 15.0 Å². The molecule has 21 heavy (non-hydrogen) atoms. The number of hydrogen-bond donors (Lipinski definition) is 3. The molecule has 2 rings (SSSR count). The fourth-order valence-corrected chi connectivity index (χ4v) is 2.08. The standard InChI is InChI=1S/C15H13BrN2O3/c1-9-2-4-11(5-3-9)15(21)18-17-8-10-6-12(16)14(20)13(19)7-10/h2-8,19-20H,1H3,(H,18,21)/b17-8+. The van der Waals surface area contributed by atoms with E-state index < -0.39 is 0 Å². The predicted molar refractivity (Wildman–Crippen MR) is 83.7 cm³/mol. The molecule has 0 spiro atoms. The highest BCUT2D eigenvalue weighted by atomic mass is 79.9. The maximum atomic E-state index is 11.8. The number of aromatic hydroxyl groups is 2. The number of phenolic OH excluding ortho intramolecular Hbond substituents is 2. The average Bonchev–Trinajstić information content (AvgIpc) is 2.45. The van der Waals surface area contributed by atoms with E-state index in [1.54, 1.807) is 18.2 Å². The lowest BCUT2D eigenvalue weighted by Crippen LogP contribution is -2.17. The number of nitrogens with zero attached hydrogens (tertiary/aromatic N) is 1. The molecule has 0 aliphatic carbocycles. The van der Waals surface area contributed by atoms with Crippen molar-refractivity contribution in [3.8, 4) is 11.5 Å². The molecular formula is C15H13BrN2O3. The van der Waals surface area contributed by atoms with Crippen LogP contribution >= 0.6 is 15.9 Å². The first-order valence-electron chi connectivity index (χ1n) is 6.09. The molecule has 0 aliphatic rings. The smallest absolute Gasteiger partial charge is 0.271 e. The van der Waals surface area contributed by atoms with E-state index in [0.29, 0.717) is 15.6 Å². The first-order valence-corrected chi connectivity index (χ1v) is 6.88. The van der Waals surface area contributed by atoms with Crippen LogP contribution < -0.4 is 5.43 Å². The molecule has 0 atom stereocenters. The Kier molecular flexibility index (Phi) is 4.59. The number of benzene rings is 2. The zero-order chi connectivity index (χ0) is 15.4. The molecule has 108 valence electrons. The summed E-state index contributed by atoms with van der Waals surface area (Å²) in [6.45, 7) is 1.94. The van der Waals surface area contributed by atoms with Crippen LogP contribution in [0.25, 0.3) is 0 Å². The minimum Gasteiger partial charge on any atom is -0.504 e. The van der Waals surface area contributed by atoms with Gasteiger partial charge in [-0.25, -0.2) is 5.43 Å². The molecule has 3 N–H and O–H groups in total. The number of amides is 1. The van der Waals surface area contributed by atoms with E-state index >= 15 is 0 Å². The van der Waals surface area contributed by atoms with Gasteiger partial charge in [0.2, 0.25) is 0 Å². The van der Waals surface area contributed by atoms with Gasteiger partial charge in [-0.2, -0.15) is 5.10 Å². The lowest BCUT2D eigenvalue weighted by Gasteiger charge is -2.02. The van der Waals surface area contributed by atoms with E-state index in [4.69, 9.17) is 0 Å². The fourth-order valence-electron chi connectivity index (χ4n) is 1.61. The minimum atomic E-state index is -0.326. The Labute approximate surface area is 130 Å². The molecule has 5 nitrogen and oxygen atoms in total. The van der Waals surface area contributed by atoms with Crippen molar-refractivity contribution in [3.05, 3.63) is 57.6 Å². The molecule has 0 aromatic heterocycles. The summed E-state index contributed by atoms with van der Waals surface area (Å²) in [6.07, 6.45) is 1.37. The Balaban J connectivity index is 2.05. The van der Waals surface area contributed by atoms with Gasteiger partial charge in [-0.3, -0.25) is 4.79 Å². The molecule has 0 saturated carbocycles. The van der Waals surface area contributed by atoms with E-state index in [0.717, 1.165) is 5.56 Å². The van der Waals surface area contributed by atoms with E-state index in [1.807, 2.05) is 19.1 Å². The Morgan fingerprint density at radius 2 is 1.90 bits per heavy atom. The summed E-state index contributed by atoms with van der Waals surface area (Å²) in [7, 11) is 0. The van der Waals surface area contributed by atoms with E-state index in [-0.39, 0.29) is 17.4 Å². The van der Waals surface area contributed by atoms with Gasteiger partial charge in [0, 0.05) is 5.56 Å². The SMILES string of the molecule is Cc1ccc(C(=O)N/N=C/c2cc(O)c(O)c(Br)c2)cc1. The van der Waals surface area contributed by atoms with E-state index in [1.165, 1.54) is 12.3 Å². The molecule has 0 aliphatic heterocycles. The summed E-state index contributed by atoms with van der Waals surface area (Å²) in [5, 5.41) is 22.7. The van der Waals surface area contributed by atoms with Crippen molar-refractivity contribution in [2.24, 2.45) is 5.10 Å². The molecular weight excluding hydrogens is 336 g/mol. The summed E-state index contributed by atoms with van der Waals surface area (Å²) >= 11 is 3.10. The minimum absolute atomic E-state index is 0.240. The number of carbonyl (C=O) groups is 1. The van der Waals surface area contributed by atoms with Crippen LogP contribution in [0.15, 0.2) is 46.0 Å². The van der Waals surface area contributed by atoms with Gasteiger partial charge in [-0.05, 0) is 52.7 Å². The predicted octanol–water partition coefficient (Wildman–Crippen LogP) is 2.93. The first kappa shape index (κ1) is 15.1. The Hall–Kier alpha value is -2.34. The van der Waals surface area contributed by atoms with Crippen LogP contribution in [0.1, 0.15) is 21.5 Å². The van der Waals surface area contributed by atoms with Crippen LogP contribution in [-0.4, -0.2) is 22.3 Å². The summed E-state index contributed by atoms with van der Waals surface area (Å²) in [6, 6.07) is 10.0. The number of carbonyl (C=O) groups excluding carboxylic acids is 1. The van der Waals surface area contributed by atoms with Gasteiger partial charge >= 0.3 is 0 Å². The van der Waals surface area contributed by atoms with Crippen molar-refractivity contribution >= 4 is 28.1 Å². The van der Waals surface area contributed by atoms with Crippen LogP contribution in [-0.2, 0) is 0 Å². The number of hydrazone groups is 1. The molecule has 1 amide bonds. The van der Waals surface area contributed by atoms with Crippen LogP contribution in [0.4, 0.5) is 0 Å². The number of nitrogens with one attached hydrogen (secondary N) is 1. The molecule has 0 saturated heterocycles. The van der Waals surface area contributed by atoms with Crippen molar-refractivity contribution in [1.29, 1.82) is 0 Å². The highest BCUT2D eigenvalue weighted by molar-refractivity contribution is 9.10. The van der Waals surface area contributed by atoms with Gasteiger partial charge in [-0.15, -0.1) is 0 Å². The maximum absolute atomic E-state index is 11.8. The summed E-state index contributed by atoms with van der Waals surface area (Å²) in [5.74, 6) is -0.833. The number of phenols is 2. The highest BCUT2D eigenvalue weighted by Gasteiger charge is 2.06. The summed E-state index contributed by atoms with van der Waals surface area (Å²) in [5.41, 5.74) is 4.50. The Morgan fingerprint density at radius 1 is 1.24 bits per heavy atom. The van der Waals surface area contributed by atoms with E-state index in [2.05, 4.69) is 26.5 Å². The number of halogens is 1. The largest absolute Gasteiger partial charge is 0.504 e. The fraction of sp³-hybridized carbons (Fsp3) is 0.0667. The van der Waals surface area contributed by atoms with Gasteiger partial charge in [0.15, 0.2) is 11.5 Å². The highest BCUT2D eigenvalue weighted by Crippen LogP contribution is 2.33. The molecule has 0 unspecified atom stereocenters. The van der Waals surface area contributed by atoms with Gasteiger partial charge < -0.3 is 10.2 Å². The van der Waals surface area contributed by atoms with Gasteiger partial charge in [0.1, 0.15) is 0 Å². The zero-order valence-electron chi connectivity index (χ0n) is 11.2. The number of hydrogen-bond acceptors (Lipinski definition) is 4. The summed E-state index contributed by atoms with van der Waals surface area (Å²) < 4.78 is 0.341. The third-order valence-corrected chi connectivity index (χ3v) is 3.36. The quantitative estimate of drug-likeness (QED) is 0.453. The monoisotopic (exact) mass is 348 g/mol. The van der Waals surface area contributed by atoms with Crippen molar-refractivity contribution in [1.82, 2.24) is 5.43 Å². The number of rotatable bonds is 3. The molecule has 6 heteroatoms. The van der Waals surface area contributed by atoms with Gasteiger partial charge in [-0.1, -0.05) is 17.7 Å². The van der Waals surface area contributed by atoms with Crippen molar-refractivity contribution in [3.63, 3.8) is 0 Å². The van der Waals surface area contributed by atoms with Crippen molar-refractivity contribution in [2.75, 3.05) is 0 Å². The van der Waals surface area contributed by atoms with Crippen LogP contribution in [0.5, 0.6) is 11.5 Å². The molecule has 0 bridgehead atoms. The first-order chi connectivity index (χ1) is 9.97. The lowest BCUT2D eigenvalue weighted by atomic mass is 10.1. The third-order valence-electron chi connectivity index (χ3n) is 2.76. The third kappa shape index (κ3) is 3.82. The molecule has 0 fully saturated rings. The molecule has 0 radical (unpaired) electrons. The number of aryl methyl sites for hydroxylation is 1. The molecule has 0 heterocycles. The zero-order valence-corrected chi connectivity index (χ0v) is 12.8. The van der Waals surface area contributed by atoms with Crippen LogP contribution in [0.2, 0.25) is 0 Å². The van der Waals surface area contributed by atoms with Gasteiger partial charge in [0.25, 0.3) is 5.91 Å². The Morgan fingerprint density at radius 3 is 2.52 bits per heavy atom. The second-order valence-electron chi connectivity index (χ2n) is 4.44.